The van der Waals surface area contributed by atoms with E-state index in [-0.39, 0.29) is 13.2 Å². The molecule has 2 rings (SSSR count). The van der Waals surface area contributed by atoms with Crippen LogP contribution in [0.1, 0.15) is 39.7 Å². The van der Waals surface area contributed by atoms with Gasteiger partial charge in [0.2, 0.25) is 0 Å². The number of halogens is 1. The fourth-order valence-electron chi connectivity index (χ4n) is 2.65. The Morgan fingerprint density at radius 2 is 1.92 bits per heavy atom. The van der Waals surface area contributed by atoms with Gasteiger partial charge in [0.1, 0.15) is 5.60 Å². The van der Waals surface area contributed by atoms with E-state index in [0.29, 0.717) is 23.6 Å². The number of benzene rings is 1. The summed E-state index contributed by atoms with van der Waals surface area (Å²) in [5.74, 6) is -0.425. The standard InChI is InChI=1S/C19H24ClNO4/c1-5-24-17(22)15-12-21(18(23)25-19(2,3)4)11-10-13(15)14-8-6-7-9-16(14)20/h6-9H,5,10-12H2,1-4H3. The minimum absolute atomic E-state index is 0.147. The molecule has 0 radical (unpaired) electrons. The Hall–Kier alpha value is -2.01. The lowest BCUT2D eigenvalue weighted by Gasteiger charge is -2.32. The van der Waals surface area contributed by atoms with Gasteiger partial charge in [0.05, 0.1) is 18.7 Å². The molecule has 0 bridgehead atoms. The van der Waals surface area contributed by atoms with Crippen molar-refractivity contribution in [1.29, 1.82) is 0 Å². The van der Waals surface area contributed by atoms with E-state index in [2.05, 4.69) is 0 Å². The normalized spacial score (nSPS) is 15.2. The van der Waals surface area contributed by atoms with E-state index >= 15 is 0 Å². The zero-order chi connectivity index (χ0) is 18.6. The molecule has 0 saturated heterocycles. The third-order valence-corrected chi connectivity index (χ3v) is 4.05. The summed E-state index contributed by atoms with van der Waals surface area (Å²) in [5, 5.41) is 0.574. The second-order valence-corrected chi connectivity index (χ2v) is 7.22. The van der Waals surface area contributed by atoms with Crippen molar-refractivity contribution in [2.24, 2.45) is 0 Å². The maximum Gasteiger partial charge on any atom is 0.410 e. The summed E-state index contributed by atoms with van der Waals surface area (Å²) in [5.41, 5.74) is 1.49. The predicted molar refractivity (Wildman–Crippen MR) is 97.4 cm³/mol. The van der Waals surface area contributed by atoms with Gasteiger partial charge in [0.15, 0.2) is 0 Å². The lowest BCUT2D eigenvalue weighted by Crippen LogP contribution is -2.42. The summed E-state index contributed by atoms with van der Waals surface area (Å²) in [4.78, 5) is 26.3. The highest BCUT2D eigenvalue weighted by Crippen LogP contribution is 2.33. The van der Waals surface area contributed by atoms with Crippen LogP contribution >= 0.6 is 11.6 Å². The van der Waals surface area contributed by atoms with Crippen LogP contribution < -0.4 is 0 Å². The van der Waals surface area contributed by atoms with Crippen molar-refractivity contribution in [1.82, 2.24) is 4.90 Å². The van der Waals surface area contributed by atoms with Gasteiger partial charge in [-0.05, 0) is 51.3 Å². The highest BCUT2D eigenvalue weighted by Gasteiger charge is 2.31. The first-order chi connectivity index (χ1) is 11.7. The van der Waals surface area contributed by atoms with Gasteiger partial charge in [0.25, 0.3) is 0 Å². The van der Waals surface area contributed by atoms with Gasteiger partial charge < -0.3 is 14.4 Å². The molecule has 1 heterocycles. The molecule has 1 aliphatic rings. The van der Waals surface area contributed by atoms with Crippen LogP contribution in [0.2, 0.25) is 5.02 Å². The number of carbonyl (C=O) groups excluding carboxylic acids is 2. The van der Waals surface area contributed by atoms with Crippen molar-refractivity contribution < 1.29 is 19.1 Å². The van der Waals surface area contributed by atoms with E-state index in [1.807, 2.05) is 39.0 Å². The molecule has 0 fully saturated rings. The number of hydrogen-bond donors (Lipinski definition) is 0. The number of esters is 1. The Labute approximate surface area is 153 Å². The molecule has 1 aliphatic heterocycles. The summed E-state index contributed by atoms with van der Waals surface area (Å²) >= 11 is 6.30. The number of carbonyl (C=O) groups is 2. The average Bonchev–Trinajstić information content (AvgIpc) is 2.53. The third-order valence-electron chi connectivity index (χ3n) is 3.72. The number of rotatable bonds is 3. The Morgan fingerprint density at radius 3 is 2.52 bits per heavy atom. The number of amides is 1. The first-order valence-corrected chi connectivity index (χ1v) is 8.72. The fourth-order valence-corrected chi connectivity index (χ4v) is 2.90. The number of hydrogen-bond acceptors (Lipinski definition) is 4. The van der Waals surface area contributed by atoms with E-state index in [4.69, 9.17) is 21.1 Å². The summed E-state index contributed by atoms with van der Waals surface area (Å²) in [6.07, 6.45) is 0.0735. The van der Waals surface area contributed by atoms with E-state index in [0.717, 1.165) is 11.1 Å². The van der Waals surface area contributed by atoms with Gasteiger partial charge in [-0.1, -0.05) is 29.8 Å². The fraction of sp³-hybridized carbons (Fsp3) is 0.474. The van der Waals surface area contributed by atoms with Crippen LogP contribution in [0.3, 0.4) is 0 Å². The maximum atomic E-state index is 12.4. The van der Waals surface area contributed by atoms with Crippen LogP contribution in [0.5, 0.6) is 0 Å². The van der Waals surface area contributed by atoms with Crippen LogP contribution in [0.15, 0.2) is 29.8 Å². The zero-order valence-electron chi connectivity index (χ0n) is 15.1. The molecule has 1 aromatic carbocycles. The highest BCUT2D eigenvalue weighted by molar-refractivity contribution is 6.32. The van der Waals surface area contributed by atoms with Crippen molar-refractivity contribution in [2.75, 3.05) is 19.7 Å². The minimum atomic E-state index is -0.589. The summed E-state index contributed by atoms with van der Waals surface area (Å²) in [6, 6.07) is 7.37. The molecule has 0 spiro atoms. The molecule has 1 aromatic rings. The van der Waals surface area contributed by atoms with E-state index in [9.17, 15) is 9.59 Å². The van der Waals surface area contributed by atoms with Gasteiger partial charge in [-0.25, -0.2) is 9.59 Å². The van der Waals surface area contributed by atoms with E-state index in [1.165, 1.54) is 4.90 Å². The van der Waals surface area contributed by atoms with E-state index in [1.54, 1.807) is 13.0 Å². The lowest BCUT2D eigenvalue weighted by molar-refractivity contribution is -0.138. The third kappa shape index (κ3) is 4.98. The molecule has 0 unspecified atom stereocenters. The van der Waals surface area contributed by atoms with Crippen molar-refractivity contribution in [3.63, 3.8) is 0 Å². The van der Waals surface area contributed by atoms with Crippen molar-refractivity contribution >= 4 is 29.2 Å². The highest BCUT2D eigenvalue weighted by atomic mass is 35.5. The largest absolute Gasteiger partial charge is 0.463 e. The number of nitrogens with zero attached hydrogens (tertiary/aromatic N) is 1. The average molecular weight is 366 g/mol. The summed E-state index contributed by atoms with van der Waals surface area (Å²) in [6.45, 7) is 8.06. The molecule has 25 heavy (non-hydrogen) atoms. The Morgan fingerprint density at radius 1 is 1.24 bits per heavy atom. The quantitative estimate of drug-likeness (QED) is 0.749. The van der Waals surface area contributed by atoms with Crippen LogP contribution in [0, 0.1) is 0 Å². The molecule has 6 heteroatoms. The SMILES string of the molecule is CCOC(=O)C1=C(c2ccccc2Cl)CCN(C(=O)OC(C)(C)C)C1. The van der Waals surface area contributed by atoms with Gasteiger partial charge in [-0.3, -0.25) is 0 Å². The molecule has 0 atom stereocenters. The van der Waals surface area contributed by atoms with Gasteiger partial charge >= 0.3 is 12.1 Å². The van der Waals surface area contributed by atoms with E-state index < -0.39 is 17.7 Å². The molecule has 5 nitrogen and oxygen atoms in total. The molecule has 0 N–H and O–H groups in total. The van der Waals surface area contributed by atoms with Crippen molar-refractivity contribution in [2.45, 2.75) is 39.7 Å². The van der Waals surface area contributed by atoms with Gasteiger partial charge in [-0.15, -0.1) is 0 Å². The Balaban J connectivity index is 2.35. The Bertz CT molecular complexity index is 691. The maximum absolute atomic E-state index is 12.4. The number of ether oxygens (including phenoxy) is 2. The molecular weight excluding hydrogens is 342 g/mol. The van der Waals surface area contributed by atoms with Gasteiger partial charge in [-0.2, -0.15) is 0 Å². The summed E-state index contributed by atoms with van der Waals surface area (Å²) < 4.78 is 10.6. The summed E-state index contributed by atoms with van der Waals surface area (Å²) in [7, 11) is 0. The molecular formula is C19H24ClNO4. The first kappa shape index (κ1) is 19.3. The zero-order valence-corrected chi connectivity index (χ0v) is 15.9. The van der Waals surface area contributed by atoms with Crippen LogP contribution in [0.25, 0.3) is 5.57 Å². The first-order valence-electron chi connectivity index (χ1n) is 8.35. The smallest absolute Gasteiger partial charge is 0.410 e. The second-order valence-electron chi connectivity index (χ2n) is 6.81. The predicted octanol–water partition coefficient (Wildman–Crippen LogP) is 4.30. The van der Waals surface area contributed by atoms with Crippen molar-refractivity contribution in [3.8, 4) is 0 Å². The molecule has 1 amide bonds. The topological polar surface area (TPSA) is 55.8 Å². The lowest BCUT2D eigenvalue weighted by atomic mass is 9.93. The molecule has 0 aliphatic carbocycles. The molecule has 0 saturated carbocycles. The van der Waals surface area contributed by atoms with Crippen LogP contribution in [-0.2, 0) is 14.3 Å². The van der Waals surface area contributed by atoms with Crippen LogP contribution in [-0.4, -0.2) is 42.3 Å². The van der Waals surface area contributed by atoms with Crippen LogP contribution in [0.4, 0.5) is 4.79 Å². The monoisotopic (exact) mass is 365 g/mol. The Kier molecular flexibility index (Phi) is 6.11. The van der Waals surface area contributed by atoms with Crippen molar-refractivity contribution in [3.05, 3.63) is 40.4 Å². The minimum Gasteiger partial charge on any atom is -0.463 e. The second kappa shape index (κ2) is 7.91. The molecule has 136 valence electrons. The van der Waals surface area contributed by atoms with Gasteiger partial charge in [0, 0.05) is 11.6 Å². The molecule has 0 aromatic heterocycles.